The molecule has 0 radical (unpaired) electrons. The van der Waals surface area contributed by atoms with E-state index in [0.29, 0.717) is 6.04 Å². The normalized spacial score (nSPS) is 17.6. The van der Waals surface area contributed by atoms with E-state index in [1.807, 2.05) is 0 Å². The predicted molar refractivity (Wildman–Crippen MR) is 64.7 cm³/mol. The fraction of sp³-hybridized carbons (Fsp3) is 0.556. The second-order valence-corrected chi connectivity index (χ2v) is 4.88. The Morgan fingerprint density at radius 2 is 2.24 bits per heavy atom. The molecule has 1 aliphatic heterocycles. The Bertz CT molecular complexity index is 471. The summed E-state index contributed by atoms with van der Waals surface area (Å²) in [4.78, 5) is 7.50. The van der Waals surface area contributed by atoms with E-state index in [1.165, 1.54) is 11.5 Å². The van der Waals surface area contributed by atoms with Crippen molar-refractivity contribution in [3.05, 3.63) is 6.20 Å². The second-order valence-electron chi connectivity index (χ2n) is 4.09. The van der Waals surface area contributed by atoms with Crippen molar-refractivity contribution in [1.82, 2.24) is 24.8 Å². The van der Waals surface area contributed by atoms with Crippen LogP contribution in [-0.2, 0) is 0 Å². The Labute approximate surface area is 102 Å². The molecule has 0 amide bonds. The van der Waals surface area contributed by atoms with Crippen LogP contribution in [0.15, 0.2) is 6.20 Å². The highest BCUT2D eigenvalue weighted by atomic mass is 32.1. The van der Waals surface area contributed by atoms with Crippen LogP contribution in [0.1, 0.15) is 12.8 Å². The first-order chi connectivity index (χ1) is 8.33. The number of anilines is 1. The monoisotopic (exact) mass is 251 g/mol. The number of aromatic nitrogens is 5. The van der Waals surface area contributed by atoms with Gasteiger partial charge in [-0.25, -0.2) is 0 Å². The molecule has 7 nitrogen and oxygen atoms in total. The van der Waals surface area contributed by atoms with Crippen molar-refractivity contribution in [2.45, 2.75) is 18.9 Å². The summed E-state index contributed by atoms with van der Waals surface area (Å²) in [6.45, 7) is 1.83. The van der Waals surface area contributed by atoms with Crippen LogP contribution in [0.25, 0.3) is 10.7 Å². The van der Waals surface area contributed by atoms with Gasteiger partial charge in [0.15, 0.2) is 5.82 Å². The largest absolute Gasteiger partial charge is 0.339 e. The number of nitrogens with zero attached hydrogens (tertiary/aromatic N) is 5. The molecule has 0 saturated carbocycles. The van der Waals surface area contributed by atoms with Crippen LogP contribution in [0.2, 0.25) is 0 Å². The first-order valence-electron chi connectivity index (χ1n) is 5.53. The van der Waals surface area contributed by atoms with Crippen LogP contribution >= 0.6 is 11.5 Å². The molecule has 0 aliphatic carbocycles. The van der Waals surface area contributed by atoms with Gasteiger partial charge >= 0.3 is 0 Å². The molecule has 2 aromatic rings. The zero-order valence-corrected chi connectivity index (χ0v) is 10.0. The number of nitrogens with two attached hydrogens (primary N) is 1. The molecule has 0 atom stereocenters. The number of rotatable bonds is 2. The molecule has 8 heteroatoms. The molecule has 0 bridgehead atoms. The summed E-state index contributed by atoms with van der Waals surface area (Å²) in [5.74, 6) is 1.46. The average Bonchev–Trinajstić information content (AvgIpc) is 3.00. The smallest absolute Gasteiger partial charge is 0.245 e. The zero-order valence-electron chi connectivity index (χ0n) is 9.20. The van der Waals surface area contributed by atoms with Crippen LogP contribution < -0.4 is 10.6 Å². The third-order valence-corrected chi connectivity index (χ3v) is 3.56. The lowest BCUT2D eigenvalue weighted by Gasteiger charge is -2.28. The van der Waals surface area contributed by atoms with Crippen LogP contribution in [0.5, 0.6) is 0 Å². The van der Waals surface area contributed by atoms with Gasteiger partial charge in [-0.15, -0.1) is 10.2 Å². The van der Waals surface area contributed by atoms with E-state index in [-0.39, 0.29) is 0 Å². The molecular weight excluding hydrogens is 238 g/mol. The number of aromatic amines is 1. The van der Waals surface area contributed by atoms with E-state index >= 15 is 0 Å². The fourth-order valence-corrected chi connectivity index (χ4v) is 2.33. The van der Waals surface area contributed by atoms with Crippen molar-refractivity contribution < 1.29 is 0 Å². The van der Waals surface area contributed by atoms with Crippen molar-refractivity contribution in [3.8, 4) is 10.7 Å². The summed E-state index contributed by atoms with van der Waals surface area (Å²) in [5.41, 5.74) is 5.87. The van der Waals surface area contributed by atoms with E-state index in [0.717, 1.165) is 42.6 Å². The number of piperidine rings is 1. The van der Waals surface area contributed by atoms with Crippen molar-refractivity contribution >= 4 is 17.5 Å². The highest BCUT2D eigenvalue weighted by Crippen LogP contribution is 2.21. The van der Waals surface area contributed by atoms with Gasteiger partial charge in [-0.2, -0.15) is 4.98 Å². The highest BCUT2D eigenvalue weighted by Gasteiger charge is 2.20. The van der Waals surface area contributed by atoms with Crippen molar-refractivity contribution in [3.63, 3.8) is 0 Å². The lowest BCUT2D eigenvalue weighted by atomic mass is 10.1. The Kier molecular flexibility index (Phi) is 2.73. The minimum Gasteiger partial charge on any atom is -0.339 e. The highest BCUT2D eigenvalue weighted by molar-refractivity contribution is 7.09. The minimum absolute atomic E-state index is 0.315. The number of H-pyrrole nitrogens is 1. The summed E-state index contributed by atoms with van der Waals surface area (Å²) in [5, 5.41) is 10.9. The molecule has 1 saturated heterocycles. The molecule has 0 aromatic carbocycles. The van der Waals surface area contributed by atoms with Crippen LogP contribution in [0.3, 0.4) is 0 Å². The van der Waals surface area contributed by atoms with Crippen LogP contribution in [0, 0.1) is 0 Å². The standard InChI is InChI=1S/C9H13N7S/c10-6-1-3-16(4-2-6)9-12-8(13-14-9)7-5-11-15-17-7/h5-6H,1-4,10H2,(H,12,13,14). The lowest BCUT2D eigenvalue weighted by Crippen LogP contribution is -2.40. The molecule has 3 rings (SSSR count). The first-order valence-corrected chi connectivity index (χ1v) is 6.31. The van der Waals surface area contributed by atoms with Gasteiger partial charge < -0.3 is 10.6 Å². The molecule has 2 aromatic heterocycles. The third-order valence-electron chi connectivity index (χ3n) is 2.89. The summed E-state index contributed by atoms with van der Waals surface area (Å²) in [7, 11) is 0. The van der Waals surface area contributed by atoms with E-state index in [1.54, 1.807) is 6.20 Å². The van der Waals surface area contributed by atoms with Crippen molar-refractivity contribution in [1.29, 1.82) is 0 Å². The van der Waals surface area contributed by atoms with Crippen molar-refractivity contribution in [2.24, 2.45) is 5.73 Å². The zero-order chi connectivity index (χ0) is 11.7. The first kappa shape index (κ1) is 10.6. The molecule has 17 heavy (non-hydrogen) atoms. The molecule has 3 heterocycles. The molecule has 90 valence electrons. The maximum absolute atomic E-state index is 5.87. The summed E-state index contributed by atoms with van der Waals surface area (Å²) >= 11 is 1.30. The predicted octanol–water partition coefficient (Wildman–Crippen LogP) is 0.251. The Hall–Kier alpha value is -1.54. The van der Waals surface area contributed by atoms with Gasteiger partial charge in [0.1, 0.15) is 4.88 Å². The second kappa shape index (κ2) is 4.38. The molecule has 3 N–H and O–H groups in total. The quantitative estimate of drug-likeness (QED) is 0.794. The topological polar surface area (TPSA) is 96.6 Å². The molecule has 0 spiro atoms. The van der Waals surface area contributed by atoms with E-state index in [2.05, 4.69) is 29.7 Å². The van der Waals surface area contributed by atoms with Gasteiger partial charge in [-0.1, -0.05) is 4.49 Å². The molecule has 0 unspecified atom stereocenters. The lowest BCUT2D eigenvalue weighted by molar-refractivity contribution is 0.496. The summed E-state index contributed by atoms with van der Waals surface area (Å²) in [6, 6.07) is 0.315. The summed E-state index contributed by atoms with van der Waals surface area (Å²) < 4.78 is 3.80. The Morgan fingerprint density at radius 1 is 1.41 bits per heavy atom. The van der Waals surface area contributed by atoms with Crippen LogP contribution in [-0.4, -0.2) is 43.9 Å². The molecular formula is C9H13N7S. The van der Waals surface area contributed by atoms with Gasteiger partial charge in [-0.05, 0) is 24.4 Å². The Balaban J connectivity index is 1.76. The van der Waals surface area contributed by atoms with Gasteiger partial charge in [-0.3, -0.25) is 5.10 Å². The van der Waals surface area contributed by atoms with Crippen molar-refractivity contribution in [2.75, 3.05) is 18.0 Å². The number of hydrogen-bond donors (Lipinski definition) is 2. The Morgan fingerprint density at radius 3 is 2.94 bits per heavy atom. The molecule has 1 fully saturated rings. The van der Waals surface area contributed by atoms with Gasteiger partial charge in [0, 0.05) is 19.1 Å². The third kappa shape index (κ3) is 2.13. The van der Waals surface area contributed by atoms with E-state index in [4.69, 9.17) is 5.73 Å². The minimum atomic E-state index is 0.315. The summed E-state index contributed by atoms with van der Waals surface area (Å²) in [6.07, 6.45) is 3.67. The fourth-order valence-electron chi connectivity index (χ4n) is 1.88. The number of nitrogens with one attached hydrogen (secondary N) is 1. The van der Waals surface area contributed by atoms with Gasteiger partial charge in [0.2, 0.25) is 5.95 Å². The number of hydrogen-bond acceptors (Lipinski definition) is 7. The molecule has 1 aliphatic rings. The van der Waals surface area contributed by atoms with Crippen LogP contribution in [0.4, 0.5) is 5.95 Å². The van der Waals surface area contributed by atoms with Gasteiger partial charge in [0.25, 0.3) is 0 Å². The van der Waals surface area contributed by atoms with E-state index in [9.17, 15) is 0 Å². The maximum atomic E-state index is 5.87. The van der Waals surface area contributed by atoms with Gasteiger partial charge in [0.05, 0.1) is 6.20 Å². The van der Waals surface area contributed by atoms with E-state index < -0.39 is 0 Å². The SMILES string of the molecule is NC1CCN(c2n[nH]c(-c3cnns3)n2)CC1. The average molecular weight is 251 g/mol. The maximum Gasteiger partial charge on any atom is 0.245 e.